The third-order valence-electron chi connectivity index (χ3n) is 2.79. The molecule has 0 fully saturated rings. The number of hydrogen-bond acceptors (Lipinski definition) is 4. The highest BCUT2D eigenvalue weighted by Gasteiger charge is 2.17. The second-order valence-corrected chi connectivity index (χ2v) is 5.32. The number of nitro benzene ring substituents is 1. The van der Waals surface area contributed by atoms with E-state index in [0.717, 1.165) is 10.6 Å². The minimum atomic E-state index is -0.525. The van der Waals surface area contributed by atoms with Gasteiger partial charge in [-0.25, -0.2) is 0 Å². The van der Waals surface area contributed by atoms with E-state index in [2.05, 4.69) is 0 Å². The Kier molecular flexibility index (Phi) is 4.53. The first-order chi connectivity index (χ1) is 9.58. The highest BCUT2D eigenvalue weighted by Crippen LogP contribution is 2.28. The van der Waals surface area contributed by atoms with Crippen LogP contribution in [0.3, 0.4) is 0 Å². The number of hydrogen-bond donors (Lipinski definition) is 0. The van der Waals surface area contributed by atoms with E-state index in [4.69, 9.17) is 0 Å². The molecule has 0 spiro atoms. The van der Waals surface area contributed by atoms with Gasteiger partial charge in [0, 0.05) is 16.7 Å². The summed E-state index contributed by atoms with van der Waals surface area (Å²) in [7, 11) is 0. The maximum absolute atomic E-state index is 11.5. The average molecular weight is 287 g/mol. The molecule has 4 nitrogen and oxygen atoms in total. The van der Waals surface area contributed by atoms with Gasteiger partial charge in [0.05, 0.1) is 10.5 Å². The second kappa shape index (κ2) is 6.34. The van der Waals surface area contributed by atoms with Gasteiger partial charge in [-0.3, -0.25) is 14.9 Å². The molecule has 0 atom stereocenters. The lowest BCUT2D eigenvalue weighted by Crippen LogP contribution is -2.00. The summed E-state index contributed by atoms with van der Waals surface area (Å²) in [5.74, 6) is 0.467. The molecule has 0 heterocycles. The van der Waals surface area contributed by atoms with Crippen molar-refractivity contribution >= 4 is 23.2 Å². The molecular weight excluding hydrogens is 274 g/mol. The summed E-state index contributed by atoms with van der Waals surface area (Å²) in [6, 6.07) is 14.6. The minimum Gasteiger partial charge on any atom is -0.294 e. The molecule has 0 aromatic heterocycles. The average Bonchev–Trinajstić information content (AvgIpc) is 2.45. The fourth-order valence-electron chi connectivity index (χ4n) is 1.79. The standard InChI is InChI=1S/C15H13NO3S/c1-11(17)14-9-13(7-8-15(14)16(18)19)20-10-12-5-3-2-4-6-12/h2-9H,10H2,1H3. The predicted molar refractivity (Wildman–Crippen MR) is 79.1 cm³/mol. The molecule has 0 amide bonds. The first kappa shape index (κ1) is 14.3. The van der Waals surface area contributed by atoms with Crippen LogP contribution in [-0.4, -0.2) is 10.7 Å². The van der Waals surface area contributed by atoms with Crippen molar-refractivity contribution in [2.75, 3.05) is 0 Å². The van der Waals surface area contributed by atoms with E-state index in [-0.39, 0.29) is 17.0 Å². The monoisotopic (exact) mass is 287 g/mol. The van der Waals surface area contributed by atoms with Gasteiger partial charge >= 0.3 is 0 Å². The van der Waals surface area contributed by atoms with Gasteiger partial charge in [-0.15, -0.1) is 11.8 Å². The Balaban J connectivity index is 2.19. The molecule has 0 saturated carbocycles. The second-order valence-electron chi connectivity index (χ2n) is 4.27. The minimum absolute atomic E-state index is 0.137. The third kappa shape index (κ3) is 3.45. The molecular formula is C15H13NO3S. The molecule has 102 valence electrons. The van der Waals surface area contributed by atoms with Crippen LogP contribution in [0.2, 0.25) is 0 Å². The molecule has 0 aliphatic heterocycles. The molecule has 0 N–H and O–H groups in total. The van der Waals surface area contributed by atoms with Gasteiger partial charge in [0.25, 0.3) is 5.69 Å². The van der Waals surface area contributed by atoms with E-state index < -0.39 is 4.92 Å². The van der Waals surface area contributed by atoms with Gasteiger partial charge in [0.1, 0.15) is 0 Å². The van der Waals surface area contributed by atoms with Crippen molar-refractivity contribution in [1.82, 2.24) is 0 Å². The zero-order chi connectivity index (χ0) is 14.5. The summed E-state index contributed by atoms with van der Waals surface area (Å²) in [6.45, 7) is 1.34. The summed E-state index contributed by atoms with van der Waals surface area (Å²) in [5.41, 5.74) is 1.19. The highest BCUT2D eigenvalue weighted by atomic mass is 32.2. The predicted octanol–water partition coefficient (Wildman–Crippen LogP) is 4.09. The number of rotatable bonds is 5. The Morgan fingerprint density at radius 1 is 1.20 bits per heavy atom. The van der Waals surface area contributed by atoms with Crippen molar-refractivity contribution < 1.29 is 9.72 Å². The first-order valence-electron chi connectivity index (χ1n) is 6.04. The van der Waals surface area contributed by atoms with Crippen LogP contribution in [0.15, 0.2) is 53.4 Å². The molecule has 5 heteroatoms. The summed E-state index contributed by atoms with van der Waals surface area (Å²) in [5, 5.41) is 10.9. The van der Waals surface area contributed by atoms with E-state index >= 15 is 0 Å². The number of ketones is 1. The smallest absolute Gasteiger partial charge is 0.280 e. The van der Waals surface area contributed by atoms with Crippen molar-refractivity contribution in [2.45, 2.75) is 17.6 Å². The van der Waals surface area contributed by atoms with Crippen LogP contribution in [0.5, 0.6) is 0 Å². The number of nitrogens with zero attached hydrogens (tertiary/aromatic N) is 1. The van der Waals surface area contributed by atoms with Gasteiger partial charge in [-0.05, 0) is 24.6 Å². The number of Topliss-reactive ketones (excluding diaryl/α,β-unsaturated/α-hetero) is 1. The highest BCUT2D eigenvalue weighted by molar-refractivity contribution is 7.98. The zero-order valence-corrected chi connectivity index (χ0v) is 11.7. The maximum atomic E-state index is 11.5. The molecule has 0 radical (unpaired) electrons. The van der Waals surface area contributed by atoms with Gasteiger partial charge in [-0.2, -0.15) is 0 Å². The first-order valence-corrected chi connectivity index (χ1v) is 7.02. The van der Waals surface area contributed by atoms with Crippen molar-refractivity contribution in [3.63, 3.8) is 0 Å². The molecule has 2 aromatic carbocycles. The van der Waals surface area contributed by atoms with E-state index in [1.54, 1.807) is 23.9 Å². The molecule has 0 aliphatic rings. The fraction of sp³-hybridized carbons (Fsp3) is 0.133. The van der Waals surface area contributed by atoms with Crippen LogP contribution in [-0.2, 0) is 5.75 Å². The quantitative estimate of drug-likeness (QED) is 0.359. The normalized spacial score (nSPS) is 10.2. The summed E-state index contributed by atoms with van der Waals surface area (Å²) < 4.78 is 0. The van der Waals surface area contributed by atoms with Crippen molar-refractivity contribution in [2.24, 2.45) is 0 Å². The third-order valence-corrected chi connectivity index (χ3v) is 3.86. The number of nitro groups is 1. The Bertz CT molecular complexity index is 641. The van der Waals surface area contributed by atoms with Crippen molar-refractivity contribution in [1.29, 1.82) is 0 Å². The largest absolute Gasteiger partial charge is 0.294 e. The lowest BCUT2D eigenvalue weighted by molar-refractivity contribution is -0.385. The summed E-state index contributed by atoms with van der Waals surface area (Å²) in [6.07, 6.45) is 0. The van der Waals surface area contributed by atoms with Crippen LogP contribution in [0, 0.1) is 10.1 Å². The van der Waals surface area contributed by atoms with Crippen molar-refractivity contribution in [3.8, 4) is 0 Å². The number of carbonyl (C=O) groups is 1. The molecule has 2 rings (SSSR count). The van der Waals surface area contributed by atoms with E-state index in [1.807, 2.05) is 30.3 Å². The van der Waals surface area contributed by atoms with Gasteiger partial charge in [0.15, 0.2) is 5.78 Å². The Labute approximate surface area is 121 Å². The molecule has 0 bridgehead atoms. The van der Waals surface area contributed by atoms with Crippen LogP contribution in [0.4, 0.5) is 5.69 Å². The maximum Gasteiger partial charge on any atom is 0.280 e. The Morgan fingerprint density at radius 2 is 1.90 bits per heavy atom. The fourth-order valence-corrected chi connectivity index (χ4v) is 2.68. The van der Waals surface area contributed by atoms with Crippen LogP contribution in [0.25, 0.3) is 0 Å². The Morgan fingerprint density at radius 3 is 2.50 bits per heavy atom. The molecule has 0 saturated heterocycles. The summed E-state index contributed by atoms with van der Waals surface area (Å²) in [4.78, 5) is 22.7. The Hall–Kier alpha value is -2.14. The summed E-state index contributed by atoms with van der Waals surface area (Å²) >= 11 is 1.55. The van der Waals surface area contributed by atoms with E-state index in [9.17, 15) is 14.9 Å². The molecule has 0 aliphatic carbocycles. The zero-order valence-electron chi connectivity index (χ0n) is 10.9. The van der Waals surface area contributed by atoms with Crippen molar-refractivity contribution in [3.05, 3.63) is 69.8 Å². The van der Waals surface area contributed by atoms with Gasteiger partial charge in [-0.1, -0.05) is 30.3 Å². The van der Waals surface area contributed by atoms with Gasteiger partial charge in [0.2, 0.25) is 0 Å². The SMILES string of the molecule is CC(=O)c1cc(SCc2ccccc2)ccc1[N+](=O)[O-]. The van der Waals surface area contributed by atoms with E-state index in [0.29, 0.717) is 0 Å². The van der Waals surface area contributed by atoms with Crippen LogP contribution < -0.4 is 0 Å². The number of benzene rings is 2. The van der Waals surface area contributed by atoms with Crippen LogP contribution >= 0.6 is 11.8 Å². The number of carbonyl (C=O) groups excluding carboxylic acids is 1. The molecule has 2 aromatic rings. The lowest BCUT2D eigenvalue weighted by Gasteiger charge is -2.04. The lowest BCUT2D eigenvalue weighted by atomic mass is 10.1. The van der Waals surface area contributed by atoms with E-state index in [1.165, 1.54) is 18.6 Å². The molecule has 0 unspecified atom stereocenters. The van der Waals surface area contributed by atoms with Crippen LogP contribution in [0.1, 0.15) is 22.8 Å². The molecule has 20 heavy (non-hydrogen) atoms. The topological polar surface area (TPSA) is 60.2 Å². The number of thioether (sulfide) groups is 1. The van der Waals surface area contributed by atoms with Gasteiger partial charge < -0.3 is 0 Å².